The minimum absolute atomic E-state index is 0.0990. The van der Waals surface area contributed by atoms with Crippen molar-refractivity contribution in [2.24, 2.45) is 5.92 Å². The molecular weight excluding hydrogens is 468 g/mol. The zero-order valence-corrected chi connectivity index (χ0v) is 19.7. The van der Waals surface area contributed by atoms with Crippen molar-refractivity contribution in [3.05, 3.63) is 58.8 Å². The number of imidazole rings is 1. The maximum Gasteiger partial charge on any atom is 0.244 e. The molecule has 1 aliphatic carbocycles. The first kappa shape index (κ1) is 22.5. The highest BCUT2D eigenvalue weighted by Crippen LogP contribution is 2.23. The van der Waals surface area contributed by atoms with E-state index >= 15 is 0 Å². The summed E-state index contributed by atoms with van der Waals surface area (Å²) in [7, 11) is 0. The number of hydrogen-bond acceptors (Lipinski definition) is 3. The molecule has 1 saturated carbocycles. The van der Waals surface area contributed by atoms with Crippen LogP contribution in [-0.2, 0) is 22.6 Å². The van der Waals surface area contributed by atoms with Gasteiger partial charge in [0.25, 0.3) is 0 Å². The molecule has 1 aromatic heterocycles. The van der Waals surface area contributed by atoms with E-state index in [1.54, 1.807) is 0 Å². The van der Waals surface area contributed by atoms with Crippen LogP contribution in [-0.4, -0.2) is 27.9 Å². The SMILES string of the molecule is O=C(Cn1c(CCCNC(=O)C2CCCCC2)nc2ccccc21)Nc1cccc(Br)c1. The summed E-state index contributed by atoms with van der Waals surface area (Å²) in [6.45, 7) is 0.819. The zero-order chi connectivity index (χ0) is 22.3. The fourth-order valence-electron chi connectivity index (χ4n) is 4.37. The molecule has 0 saturated heterocycles. The van der Waals surface area contributed by atoms with Crippen LogP contribution in [0.1, 0.15) is 44.3 Å². The van der Waals surface area contributed by atoms with E-state index in [2.05, 4.69) is 26.6 Å². The summed E-state index contributed by atoms with van der Waals surface area (Å²) in [6.07, 6.45) is 7.06. The number of carbonyl (C=O) groups is 2. The number of amides is 2. The highest BCUT2D eigenvalue weighted by Gasteiger charge is 2.20. The number of halogens is 1. The molecular formula is C25H29BrN4O2. The normalized spacial score (nSPS) is 14.4. The fourth-order valence-corrected chi connectivity index (χ4v) is 4.77. The Morgan fingerprint density at radius 3 is 2.69 bits per heavy atom. The standard InChI is InChI=1S/C25H29BrN4O2/c26-19-10-6-11-20(16-19)28-24(31)17-30-22-13-5-4-12-21(22)29-23(30)14-7-15-27-25(32)18-8-2-1-3-9-18/h4-6,10-13,16,18H,1-3,7-9,14-15,17H2,(H,27,32)(H,28,31). The number of anilines is 1. The van der Waals surface area contributed by atoms with Crippen LogP contribution in [0.4, 0.5) is 5.69 Å². The van der Waals surface area contributed by atoms with Crippen LogP contribution in [0.5, 0.6) is 0 Å². The lowest BCUT2D eigenvalue weighted by molar-refractivity contribution is -0.125. The van der Waals surface area contributed by atoms with Gasteiger partial charge < -0.3 is 15.2 Å². The Kier molecular flexibility index (Phi) is 7.58. The summed E-state index contributed by atoms with van der Waals surface area (Å²) >= 11 is 3.43. The van der Waals surface area contributed by atoms with Crippen molar-refractivity contribution in [3.63, 3.8) is 0 Å². The maximum atomic E-state index is 12.7. The second kappa shape index (κ2) is 10.8. The minimum Gasteiger partial charge on any atom is -0.356 e. The molecule has 4 rings (SSSR count). The number of para-hydroxylation sites is 2. The van der Waals surface area contributed by atoms with E-state index in [9.17, 15) is 9.59 Å². The Labute approximate surface area is 196 Å². The molecule has 0 atom stereocenters. The van der Waals surface area contributed by atoms with Crippen molar-refractivity contribution >= 4 is 44.5 Å². The lowest BCUT2D eigenvalue weighted by atomic mass is 9.89. The zero-order valence-electron chi connectivity index (χ0n) is 18.1. The van der Waals surface area contributed by atoms with Crippen molar-refractivity contribution in [1.29, 1.82) is 0 Å². The van der Waals surface area contributed by atoms with Crippen molar-refractivity contribution in [3.8, 4) is 0 Å². The van der Waals surface area contributed by atoms with Gasteiger partial charge in [0, 0.05) is 29.0 Å². The van der Waals surface area contributed by atoms with Gasteiger partial charge in [0.05, 0.1) is 11.0 Å². The predicted molar refractivity (Wildman–Crippen MR) is 130 cm³/mol. The summed E-state index contributed by atoms with van der Waals surface area (Å²) < 4.78 is 2.89. The summed E-state index contributed by atoms with van der Waals surface area (Å²) in [5.41, 5.74) is 2.57. The molecule has 6 nitrogen and oxygen atoms in total. The highest BCUT2D eigenvalue weighted by molar-refractivity contribution is 9.10. The van der Waals surface area contributed by atoms with Crippen molar-refractivity contribution in [2.75, 3.05) is 11.9 Å². The van der Waals surface area contributed by atoms with E-state index in [0.29, 0.717) is 13.0 Å². The van der Waals surface area contributed by atoms with Gasteiger partial charge in [-0.3, -0.25) is 9.59 Å². The molecule has 0 spiro atoms. The van der Waals surface area contributed by atoms with E-state index in [-0.39, 0.29) is 24.3 Å². The Morgan fingerprint density at radius 2 is 1.88 bits per heavy atom. The smallest absolute Gasteiger partial charge is 0.244 e. The molecule has 2 amide bonds. The Hall–Kier alpha value is -2.67. The van der Waals surface area contributed by atoms with Crippen molar-refractivity contribution in [1.82, 2.24) is 14.9 Å². The van der Waals surface area contributed by atoms with E-state index in [4.69, 9.17) is 4.98 Å². The van der Waals surface area contributed by atoms with Gasteiger partial charge in [-0.1, -0.05) is 53.4 Å². The molecule has 0 bridgehead atoms. The molecule has 168 valence electrons. The molecule has 2 N–H and O–H groups in total. The summed E-state index contributed by atoms with van der Waals surface area (Å²) in [6, 6.07) is 15.4. The monoisotopic (exact) mass is 496 g/mol. The molecule has 32 heavy (non-hydrogen) atoms. The van der Waals surface area contributed by atoms with Gasteiger partial charge in [0.2, 0.25) is 11.8 Å². The number of benzene rings is 2. The molecule has 0 aliphatic heterocycles. The third-order valence-electron chi connectivity index (χ3n) is 6.00. The number of fused-ring (bicyclic) bond motifs is 1. The molecule has 0 radical (unpaired) electrons. The largest absolute Gasteiger partial charge is 0.356 e. The molecule has 2 aromatic carbocycles. The third-order valence-corrected chi connectivity index (χ3v) is 6.49. The first-order valence-electron chi connectivity index (χ1n) is 11.4. The van der Waals surface area contributed by atoms with Crippen LogP contribution in [0.2, 0.25) is 0 Å². The van der Waals surface area contributed by atoms with E-state index in [0.717, 1.165) is 59.1 Å². The van der Waals surface area contributed by atoms with Crippen LogP contribution in [0.15, 0.2) is 53.0 Å². The van der Waals surface area contributed by atoms with E-state index in [1.807, 2.05) is 53.1 Å². The van der Waals surface area contributed by atoms with E-state index < -0.39 is 0 Å². The van der Waals surface area contributed by atoms with Gasteiger partial charge in [-0.15, -0.1) is 0 Å². The number of aryl methyl sites for hydroxylation is 1. The molecule has 0 unspecified atom stereocenters. The quantitative estimate of drug-likeness (QED) is 0.427. The number of rotatable bonds is 8. The summed E-state index contributed by atoms with van der Waals surface area (Å²) in [4.78, 5) is 29.9. The summed E-state index contributed by atoms with van der Waals surface area (Å²) in [5, 5.41) is 6.05. The average Bonchev–Trinajstić information content (AvgIpc) is 3.14. The van der Waals surface area contributed by atoms with Gasteiger partial charge in [0.15, 0.2) is 0 Å². The lowest BCUT2D eigenvalue weighted by Crippen LogP contribution is -2.32. The van der Waals surface area contributed by atoms with E-state index in [1.165, 1.54) is 6.42 Å². The lowest BCUT2D eigenvalue weighted by Gasteiger charge is -2.20. The number of aromatic nitrogens is 2. The Balaban J connectivity index is 1.38. The van der Waals surface area contributed by atoms with Crippen LogP contribution < -0.4 is 10.6 Å². The second-order valence-corrected chi connectivity index (χ2v) is 9.31. The topological polar surface area (TPSA) is 76.0 Å². The molecule has 7 heteroatoms. The Morgan fingerprint density at radius 1 is 1.06 bits per heavy atom. The van der Waals surface area contributed by atoms with Crippen molar-refractivity contribution in [2.45, 2.75) is 51.5 Å². The number of carbonyl (C=O) groups excluding carboxylic acids is 2. The molecule has 1 fully saturated rings. The average molecular weight is 497 g/mol. The van der Waals surface area contributed by atoms with Gasteiger partial charge in [-0.05, 0) is 49.6 Å². The number of nitrogens with zero attached hydrogens (tertiary/aromatic N) is 2. The van der Waals surface area contributed by atoms with Gasteiger partial charge in [-0.2, -0.15) is 0 Å². The predicted octanol–water partition coefficient (Wildman–Crippen LogP) is 5.07. The second-order valence-electron chi connectivity index (χ2n) is 8.39. The fraction of sp³-hybridized carbons (Fsp3) is 0.400. The minimum atomic E-state index is -0.0990. The number of hydrogen-bond donors (Lipinski definition) is 2. The summed E-state index contributed by atoms with van der Waals surface area (Å²) in [5.74, 6) is 1.13. The molecule has 3 aromatic rings. The van der Waals surface area contributed by atoms with Crippen LogP contribution in [0, 0.1) is 5.92 Å². The third kappa shape index (κ3) is 5.76. The number of nitrogens with one attached hydrogen (secondary N) is 2. The Bertz CT molecular complexity index is 1090. The molecule has 1 heterocycles. The first-order valence-corrected chi connectivity index (χ1v) is 12.2. The van der Waals surface area contributed by atoms with Gasteiger partial charge in [0.1, 0.15) is 12.4 Å². The van der Waals surface area contributed by atoms with Crippen LogP contribution in [0.3, 0.4) is 0 Å². The first-order chi connectivity index (χ1) is 15.6. The van der Waals surface area contributed by atoms with Gasteiger partial charge >= 0.3 is 0 Å². The highest BCUT2D eigenvalue weighted by atomic mass is 79.9. The van der Waals surface area contributed by atoms with Crippen LogP contribution in [0.25, 0.3) is 11.0 Å². The van der Waals surface area contributed by atoms with Crippen molar-refractivity contribution < 1.29 is 9.59 Å². The maximum absolute atomic E-state index is 12.7. The van der Waals surface area contributed by atoms with Gasteiger partial charge in [-0.25, -0.2) is 4.98 Å². The molecule has 1 aliphatic rings. The van der Waals surface area contributed by atoms with Crippen LogP contribution >= 0.6 is 15.9 Å².